The Balaban J connectivity index is 1.95. The molecule has 1 heteroatoms. The van der Waals surface area contributed by atoms with E-state index in [9.17, 15) is 0 Å². The van der Waals surface area contributed by atoms with E-state index in [0.29, 0.717) is 6.04 Å². The molecule has 1 heterocycles. The molecule has 98 valence electrons. The zero-order valence-corrected chi connectivity index (χ0v) is 12.0. The minimum absolute atomic E-state index is 0.639. The van der Waals surface area contributed by atoms with E-state index >= 15 is 0 Å². The zero-order chi connectivity index (χ0) is 13.4. The molecule has 1 nitrogen and oxygen atoms in total. The van der Waals surface area contributed by atoms with Gasteiger partial charge in [-0.25, -0.2) is 0 Å². The Labute approximate surface area is 115 Å². The molecule has 0 spiro atoms. The molecule has 0 aromatic heterocycles. The maximum absolute atomic E-state index is 2.39. The van der Waals surface area contributed by atoms with Crippen molar-refractivity contribution in [1.29, 1.82) is 0 Å². The van der Waals surface area contributed by atoms with Crippen LogP contribution in [-0.4, -0.2) is 18.5 Å². The first-order chi connectivity index (χ1) is 9.16. The van der Waals surface area contributed by atoms with Gasteiger partial charge < -0.3 is 0 Å². The van der Waals surface area contributed by atoms with Gasteiger partial charge in [-0.15, -0.1) is 0 Å². The third-order valence-electron chi connectivity index (χ3n) is 4.29. The van der Waals surface area contributed by atoms with Crippen molar-refractivity contribution in [2.45, 2.75) is 26.3 Å². The predicted molar refractivity (Wildman–Crippen MR) is 80.5 cm³/mol. The standard InChI is InChI=1S/C18H21N/c1-13-7-6-8-14(2)17(13)11-15-9-4-5-10-16(15)18-12-19(18)3/h4-10,18H,11-12H2,1-3H3. The van der Waals surface area contributed by atoms with E-state index in [4.69, 9.17) is 0 Å². The Kier molecular flexibility index (Phi) is 3.16. The largest absolute Gasteiger partial charge is 0.296 e. The highest BCUT2D eigenvalue weighted by atomic mass is 15.3. The molecule has 2 unspecified atom stereocenters. The summed E-state index contributed by atoms with van der Waals surface area (Å²) in [5, 5.41) is 0. The number of hydrogen-bond donors (Lipinski definition) is 0. The molecule has 0 bridgehead atoms. The van der Waals surface area contributed by atoms with Crippen LogP contribution in [0.4, 0.5) is 0 Å². The molecule has 2 atom stereocenters. The first kappa shape index (κ1) is 12.4. The second-order valence-corrected chi connectivity index (χ2v) is 5.70. The normalized spacial score (nSPS) is 21.4. The molecule has 0 saturated carbocycles. The maximum atomic E-state index is 2.39. The van der Waals surface area contributed by atoms with Gasteiger partial charge in [0.05, 0.1) is 0 Å². The molecule has 2 aromatic carbocycles. The van der Waals surface area contributed by atoms with Gasteiger partial charge in [0.2, 0.25) is 0 Å². The Bertz CT molecular complexity index is 580. The van der Waals surface area contributed by atoms with E-state index in [-0.39, 0.29) is 0 Å². The number of hydrogen-bond acceptors (Lipinski definition) is 1. The highest BCUT2D eigenvalue weighted by molar-refractivity contribution is 5.42. The molecule has 1 aliphatic rings. The van der Waals surface area contributed by atoms with Crippen LogP contribution in [0.3, 0.4) is 0 Å². The molecule has 1 saturated heterocycles. The Morgan fingerprint density at radius 1 is 1.00 bits per heavy atom. The fourth-order valence-electron chi connectivity index (χ4n) is 2.90. The molecule has 1 fully saturated rings. The monoisotopic (exact) mass is 251 g/mol. The molecular formula is C18H21N. The quantitative estimate of drug-likeness (QED) is 0.748. The number of aryl methyl sites for hydroxylation is 2. The second-order valence-electron chi connectivity index (χ2n) is 5.70. The average Bonchev–Trinajstić information content (AvgIpc) is 3.12. The molecule has 3 rings (SSSR count). The summed E-state index contributed by atoms with van der Waals surface area (Å²) in [4.78, 5) is 2.39. The first-order valence-corrected chi connectivity index (χ1v) is 7.00. The van der Waals surface area contributed by atoms with Gasteiger partial charge in [0.1, 0.15) is 0 Å². The lowest BCUT2D eigenvalue weighted by atomic mass is 9.93. The topological polar surface area (TPSA) is 3.01 Å². The van der Waals surface area contributed by atoms with Gasteiger partial charge in [-0.3, -0.25) is 4.90 Å². The van der Waals surface area contributed by atoms with Crippen LogP contribution >= 0.6 is 0 Å². The molecule has 0 amide bonds. The number of rotatable bonds is 3. The minimum atomic E-state index is 0.639. The fourth-order valence-corrected chi connectivity index (χ4v) is 2.90. The summed E-state index contributed by atoms with van der Waals surface area (Å²) >= 11 is 0. The van der Waals surface area contributed by atoms with Gasteiger partial charge in [0.15, 0.2) is 0 Å². The Morgan fingerprint density at radius 3 is 2.26 bits per heavy atom. The summed E-state index contributed by atoms with van der Waals surface area (Å²) in [5.41, 5.74) is 7.28. The SMILES string of the molecule is Cc1cccc(C)c1Cc1ccccc1C1CN1C. The highest BCUT2D eigenvalue weighted by Gasteiger charge is 2.32. The second kappa shape index (κ2) is 4.82. The lowest BCUT2D eigenvalue weighted by Gasteiger charge is -2.13. The molecule has 0 radical (unpaired) electrons. The average molecular weight is 251 g/mol. The molecule has 2 aromatic rings. The maximum Gasteiger partial charge on any atom is 0.0475 e. The van der Waals surface area contributed by atoms with Crippen molar-refractivity contribution in [3.8, 4) is 0 Å². The van der Waals surface area contributed by atoms with Crippen LogP contribution in [0.25, 0.3) is 0 Å². The van der Waals surface area contributed by atoms with E-state index in [1.165, 1.54) is 34.4 Å². The summed E-state index contributed by atoms with van der Waals surface area (Å²) in [5.74, 6) is 0. The van der Waals surface area contributed by atoms with E-state index < -0.39 is 0 Å². The van der Waals surface area contributed by atoms with Gasteiger partial charge >= 0.3 is 0 Å². The number of nitrogens with zero attached hydrogens (tertiary/aromatic N) is 1. The van der Waals surface area contributed by atoms with Gasteiger partial charge in [0, 0.05) is 12.6 Å². The van der Waals surface area contributed by atoms with Crippen LogP contribution < -0.4 is 0 Å². The lowest BCUT2D eigenvalue weighted by Crippen LogP contribution is -2.00. The van der Waals surface area contributed by atoms with Gasteiger partial charge in [0.25, 0.3) is 0 Å². The van der Waals surface area contributed by atoms with Crippen LogP contribution in [0.1, 0.15) is 33.9 Å². The summed E-state index contributed by atoms with van der Waals surface area (Å²) in [7, 11) is 2.19. The molecule has 0 N–H and O–H groups in total. The van der Waals surface area contributed by atoms with Crippen molar-refractivity contribution in [2.75, 3.05) is 13.6 Å². The van der Waals surface area contributed by atoms with Crippen LogP contribution in [0.5, 0.6) is 0 Å². The van der Waals surface area contributed by atoms with Crippen molar-refractivity contribution in [2.24, 2.45) is 0 Å². The Morgan fingerprint density at radius 2 is 1.63 bits per heavy atom. The summed E-state index contributed by atoms with van der Waals surface area (Å²) in [6, 6.07) is 16.1. The summed E-state index contributed by atoms with van der Waals surface area (Å²) < 4.78 is 0. The first-order valence-electron chi connectivity index (χ1n) is 7.00. The summed E-state index contributed by atoms with van der Waals surface area (Å²) in [6.45, 7) is 5.63. The Hall–Kier alpha value is -1.60. The van der Waals surface area contributed by atoms with Crippen molar-refractivity contribution in [3.05, 3.63) is 70.3 Å². The van der Waals surface area contributed by atoms with E-state index in [1.54, 1.807) is 0 Å². The lowest BCUT2D eigenvalue weighted by molar-refractivity contribution is 0.629. The number of benzene rings is 2. The smallest absolute Gasteiger partial charge is 0.0475 e. The fraction of sp³-hybridized carbons (Fsp3) is 0.333. The van der Waals surface area contributed by atoms with Crippen molar-refractivity contribution < 1.29 is 0 Å². The van der Waals surface area contributed by atoms with Gasteiger partial charge in [-0.05, 0) is 55.1 Å². The van der Waals surface area contributed by atoms with Crippen LogP contribution in [0.2, 0.25) is 0 Å². The van der Waals surface area contributed by atoms with E-state index in [2.05, 4.69) is 68.3 Å². The van der Waals surface area contributed by atoms with Gasteiger partial charge in [-0.2, -0.15) is 0 Å². The van der Waals surface area contributed by atoms with E-state index in [0.717, 1.165) is 6.42 Å². The minimum Gasteiger partial charge on any atom is -0.296 e. The van der Waals surface area contributed by atoms with E-state index in [1.807, 2.05) is 0 Å². The van der Waals surface area contributed by atoms with Gasteiger partial charge in [-0.1, -0.05) is 42.5 Å². The molecule has 19 heavy (non-hydrogen) atoms. The van der Waals surface area contributed by atoms with Crippen LogP contribution in [-0.2, 0) is 6.42 Å². The molecular weight excluding hydrogens is 230 g/mol. The van der Waals surface area contributed by atoms with Crippen LogP contribution in [0.15, 0.2) is 42.5 Å². The molecule has 1 aliphatic heterocycles. The van der Waals surface area contributed by atoms with Crippen molar-refractivity contribution in [1.82, 2.24) is 4.90 Å². The third kappa shape index (κ3) is 2.43. The highest BCUT2D eigenvalue weighted by Crippen LogP contribution is 2.35. The van der Waals surface area contributed by atoms with Crippen LogP contribution in [0, 0.1) is 13.8 Å². The van der Waals surface area contributed by atoms with Crippen molar-refractivity contribution >= 4 is 0 Å². The predicted octanol–water partition coefficient (Wildman–Crippen LogP) is 3.88. The third-order valence-corrected chi connectivity index (χ3v) is 4.29. The zero-order valence-electron chi connectivity index (χ0n) is 12.0. The van der Waals surface area contributed by atoms with Crippen molar-refractivity contribution in [3.63, 3.8) is 0 Å². The summed E-state index contributed by atoms with van der Waals surface area (Å²) in [6.07, 6.45) is 1.05. The number of likely N-dealkylation sites (N-methyl/N-ethyl adjacent to an activating group) is 1. The molecule has 0 aliphatic carbocycles.